The lowest BCUT2D eigenvalue weighted by Gasteiger charge is -2.08. The van der Waals surface area contributed by atoms with Crippen molar-refractivity contribution < 1.29 is 19.1 Å². The van der Waals surface area contributed by atoms with Crippen molar-refractivity contribution in [3.63, 3.8) is 0 Å². The van der Waals surface area contributed by atoms with E-state index in [-0.39, 0.29) is 31.5 Å². The monoisotopic (exact) mass is 389 g/mol. The fraction of sp³-hybridized carbons (Fsp3) is 0.167. The highest BCUT2D eigenvalue weighted by atomic mass is 16.5. The summed E-state index contributed by atoms with van der Waals surface area (Å²) in [6, 6.07) is 23.9. The Kier molecular flexibility index (Phi) is 7.00. The Morgan fingerprint density at radius 3 is 2.38 bits per heavy atom. The van der Waals surface area contributed by atoms with E-state index < -0.39 is 0 Å². The van der Waals surface area contributed by atoms with E-state index >= 15 is 0 Å². The van der Waals surface area contributed by atoms with Crippen LogP contribution in [0, 0.1) is 6.92 Å². The lowest BCUT2D eigenvalue weighted by Crippen LogP contribution is -2.12. The number of carbonyl (C=O) groups is 2. The number of amides is 1. The zero-order valence-corrected chi connectivity index (χ0v) is 16.3. The van der Waals surface area contributed by atoms with Crippen LogP contribution in [0.5, 0.6) is 5.75 Å². The van der Waals surface area contributed by atoms with E-state index in [1.165, 1.54) is 0 Å². The van der Waals surface area contributed by atoms with Gasteiger partial charge in [0.2, 0.25) is 0 Å². The maximum Gasteiger partial charge on any atom is 0.309 e. The molecule has 29 heavy (non-hydrogen) atoms. The van der Waals surface area contributed by atoms with Gasteiger partial charge in [0.25, 0.3) is 5.91 Å². The number of esters is 1. The van der Waals surface area contributed by atoms with Crippen LogP contribution in [-0.4, -0.2) is 18.5 Å². The molecule has 3 aromatic rings. The van der Waals surface area contributed by atoms with Gasteiger partial charge in [0.1, 0.15) is 12.4 Å². The predicted octanol–water partition coefficient (Wildman–Crippen LogP) is 4.76. The topological polar surface area (TPSA) is 64.6 Å². The Morgan fingerprint density at radius 1 is 0.897 bits per heavy atom. The van der Waals surface area contributed by atoms with Crippen LogP contribution in [0.4, 0.5) is 5.69 Å². The Hall–Kier alpha value is -3.60. The van der Waals surface area contributed by atoms with Crippen molar-refractivity contribution in [1.82, 2.24) is 0 Å². The number of ether oxygens (including phenoxy) is 2. The first-order valence-electron chi connectivity index (χ1n) is 9.40. The Labute approximate surface area is 170 Å². The lowest BCUT2D eigenvalue weighted by atomic mass is 10.1. The van der Waals surface area contributed by atoms with E-state index in [1.807, 2.05) is 61.5 Å². The third-order valence-electron chi connectivity index (χ3n) is 4.21. The molecule has 0 aliphatic carbocycles. The molecule has 0 atom stereocenters. The second-order valence-corrected chi connectivity index (χ2v) is 6.59. The summed E-state index contributed by atoms with van der Waals surface area (Å²) in [6.45, 7) is 2.41. The normalized spacial score (nSPS) is 10.2. The smallest absolute Gasteiger partial charge is 0.309 e. The number of rotatable bonds is 8. The van der Waals surface area contributed by atoms with Crippen molar-refractivity contribution in [2.24, 2.45) is 0 Å². The average Bonchev–Trinajstić information content (AvgIpc) is 2.73. The van der Waals surface area contributed by atoms with Crippen LogP contribution in [0.3, 0.4) is 0 Å². The molecule has 0 aliphatic heterocycles. The predicted molar refractivity (Wildman–Crippen MR) is 112 cm³/mol. The second-order valence-electron chi connectivity index (χ2n) is 6.59. The summed E-state index contributed by atoms with van der Waals surface area (Å²) in [7, 11) is 0. The first-order valence-corrected chi connectivity index (χ1v) is 9.40. The maximum absolute atomic E-state index is 12.2. The first-order chi connectivity index (χ1) is 14.1. The fourth-order valence-electron chi connectivity index (χ4n) is 2.67. The third-order valence-corrected chi connectivity index (χ3v) is 4.21. The molecule has 0 heterocycles. The zero-order valence-electron chi connectivity index (χ0n) is 16.3. The summed E-state index contributed by atoms with van der Waals surface area (Å²) in [6.07, 6.45) is 0.172. The van der Waals surface area contributed by atoms with E-state index in [1.54, 1.807) is 24.3 Å². The molecule has 0 saturated heterocycles. The molecule has 0 fully saturated rings. The first kappa shape index (κ1) is 20.1. The maximum atomic E-state index is 12.2. The zero-order chi connectivity index (χ0) is 20.5. The van der Waals surface area contributed by atoms with Gasteiger partial charge in [-0.05, 0) is 54.4 Å². The van der Waals surface area contributed by atoms with Gasteiger partial charge in [0, 0.05) is 11.3 Å². The molecule has 0 unspecified atom stereocenters. The van der Waals surface area contributed by atoms with E-state index in [9.17, 15) is 9.59 Å². The van der Waals surface area contributed by atoms with Gasteiger partial charge in [0.05, 0.1) is 13.0 Å². The summed E-state index contributed by atoms with van der Waals surface area (Å²) in [5.74, 6) is 0.221. The molecule has 0 saturated carbocycles. The molecule has 0 aromatic heterocycles. The number of benzene rings is 3. The molecule has 0 spiro atoms. The van der Waals surface area contributed by atoms with Crippen LogP contribution in [0.1, 0.15) is 27.9 Å². The average molecular weight is 389 g/mol. The molecule has 0 aliphatic rings. The summed E-state index contributed by atoms with van der Waals surface area (Å²) in [5, 5.41) is 2.83. The van der Waals surface area contributed by atoms with E-state index in [0.29, 0.717) is 5.56 Å². The van der Waals surface area contributed by atoms with Crippen molar-refractivity contribution in [1.29, 1.82) is 0 Å². The molecule has 5 heteroatoms. The molecule has 5 nitrogen and oxygen atoms in total. The SMILES string of the molecule is Cc1cccc(OCCC(=O)OCc2ccc(C(=O)Nc3ccccc3)cc2)c1. The van der Waals surface area contributed by atoms with Gasteiger partial charge >= 0.3 is 5.97 Å². The molecule has 0 radical (unpaired) electrons. The highest BCUT2D eigenvalue weighted by molar-refractivity contribution is 6.04. The highest BCUT2D eigenvalue weighted by Crippen LogP contribution is 2.13. The number of anilines is 1. The Bertz CT molecular complexity index is 952. The fourth-order valence-corrected chi connectivity index (χ4v) is 2.67. The summed E-state index contributed by atoms with van der Waals surface area (Å²) >= 11 is 0. The molecule has 1 N–H and O–H groups in total. The van der Waals surface area contributed by atoms with Gasteiger partial charge < -0.3 is 14.8 Å². The largest absolute Gasteiger partial charge is 0.493 e. The molecule has 1 amide bonds. The summed E-state index contributed by atoms with van der Waals surface area (Å²) in [4.78, 5) is 24.1. The van der Waals surface area contributed by atoms with Crippen molar-refractivity contribution >= 4 is 17.6 Å². The van der Waals surface area contributed by atoms with E-state index in [4.69, 9.17) is 9.47 Å². The number of para-hydroxylation sites is 1. The Balaban J connectivity index is 1.41. The number of hydrogen-bond acceptors (Lipinski definition) is 4. The van der Waals surface area contributed by atoms with Crippen molar-refractivity contribution in [3.05, 3.63) is 95.6 Å². The quantitative estimate of drug-likeness (QED) is 0.564. The van der Waals surface area contributed by atoms with Gasteiger partial charge in [-0.3, -0.25) is 9.59 Å². The van der Waals surface area contributed by atoms with Crippen LogP contribution in [-0.2, 0) is 16.1 Å². The number of hydrogen-bond donors (Lipinski definition) is 1. The molecule has 3 rings (SSSR count). The lowest BCUT2D eigenvalue weighted by molar-refractivity contribution is -0.145. The van der Waals surface area contributed by atoms with Gasteiger partial charge in [-0.1, -0.05) is 42.5 Å². The van der Waals surface area contributed by atoms with Gasteiger partial charge in [-0.15, -0.1) is 0 Å². The number of aryl methyl sites for hydroxylation is 1. The van der Waals surface area contributed by atoms with Crippen molar-refractivity contribution in [2.45, 2.75) is 20.0 Å². The Morgan fingerprint density at radius 2 is 1.66 bits per heavy atom. The third kappa shape index (κ3) is 6.50. The van der Waals surface area contributed by atoms with Crippen molar-refractivity contribution in [2.75, 3.05) is 11.9 Å². The number of nitrogens with one attached hydrogen (secondary N) is 1. The minimum atomic E-state index is -0.330. The van der Waals surface area contributed by atoms with Crippen LogP contribution in [0.25, 0.3) is 0 Å². The van der Waals surface area contributed by atoms with Crippen LogP contribution < -0.4 is 10.1 Å². The minimum Gasteiger partial charge on any atom is -0.493 e. The van der Waals surface area contributed by atoms with E-state index in [0.717, 1.165) is 22.6 Å². The molecular formula is C24H23NO4. The van der Waals surface area contributed by atoms with Gasteiger partial charge in [0.15, 0.2) is 0 Å². The van der Waals surface area contributed by atoms with Crippen LogP contribution in [0.15, 0.2) is 78.9 Å². The molecule has 3 aromatic carbocycles. The molecule has 148 valence electrons. The van der Waals surface area contributed by atoms with Gasteiger partial charge in [-0.25, -0.2) is 0 Å². The van der Waals surface area contributed by atoms with Crippen LogP contribution in [0.2, 0.25) is 0 Å². The van der Waals surface area contributed by atoms with E-state index in [2.05, 4.69) is 5.32 Å². The molecular weight excluding hydrogens is 366 g/mol. The van der Waals surface area contributed by atoms with Gasteiger partial charge in [-0.2, -0.15) is 0 Å². The highest BCUT2D eigenvalue weighted by Gasteiger charge is 2.08. The molecule has 0 bridgehead atoms. The standard InChI is InChI=1S/C24H23NO4/c1-18-6-5-9-22(16-18)28-15-14-23(26)29-17-19-10-12-20(13-11-19)24(27)25-21-7-3-2-4-8-21/h2-13,16H,14-15,17H2,1H3,(H,25,27). The van der Waals surface area contributed by atoms with Crippen LogP contribution >= 0.6 is 0 Å². The summed E-state index contributed by atoms with van der Waals surface area (Å²) < 4.78 is 10.8. The minimum absolute atomic E-state index is 0.157. The number of carbonyl (C=O) groups excluding carboxylic acids is 2. The summed E-state index contributed by atoms with van der Waals surface area (Å²) in [5.41, 5.74) is 3.19. The second kappa shape index (κ2) is 10.1. The van der Waals surface area contributed by atoms with Crippen molar-refractivity contribution in [3.8, 4) is 5.75 Å².